The van der Waals surface area contributed by atoms with Gasteiger partial charge in [0.05, 0.1) is 0 Å². The van der Waals surface area contributed by atoms with Crippen molar-refractivity contribution in [1.29, 1.82) is 0 Å². The first-order chi connectivity index (χ1) is 8.95. The number of nitrogens with two attached hydrogens (primary N) is 1. The fourth-order valence-corrected chi connectivity index (χ4v) is 5.94. The monoisotopic (exact) mass is 284 g/mol. The molecule has 0 aromatic heterocycles. The minimum atomic E-state index is 0.224. The molecule has 0 radical (unpaired) electrons. The zero-order chi connectivity index (χ0) is 14.1. The van der Waals surface area contributed by atoms with Crippen LogP contribution in [-0.2, 0) is 0 Å². The molecule has 2 rings (SSSR count). The molecule has 2 aliphatic rings. The third-order valence-corrected chi connectivity index (χ3v) is 7.53. The van der Waals surface area contributed by atoms with Crippen LogP contribution in [0.1, 0.15) is 53.4 Å². The molecule has 3 heteroatoms. The molecule has 0 bridgehead atoms. The summed E-state index contributed by atoms with van der Waals surface area (Å²) in [6.45, 7) is 12.9. The number of nitrogens with zero attached hydrogens (tertiary/aromatic N) is 1. The Morgan fingerprint density at radius 3 is 2.32 bits per heavy atom. The number of rotatable bonds is 4. The molecule has 0 aliphatic carbocycles. The topological polar surface area (TPSA) is 29.3 Å². The molecule has 2 N–H and O–H groups in total. The van der Waals surface area contributed by atoms with Crippen molar-refractivity contribution >= 4 is 11.8 Å². The summed E-state index contributed by atoms with van der Waals surface area (Å²) in [4.78, 5) is 2.77. The third-order valence-electron chi connectivity index (χ3n) is 6.35. The SMILES string of the molecule is CCC1(CC)CCN(C2(CN)CSCCC2(C)C)C1. The molecular weight excluding hydrogens is 252 g/mol. The Bertz CT molecular complexity index is 312. The second-order valence-electron chi connectivity index (χ2n) is 7.30. The van der Waals surface area contributed by atoms with Crippen molar-refractivity contribution in [3.05, 3.63) is 0 Å². The van der Waals surface area contributed by atoms with Gasteiger partial charge in [-0.3, -0.25) is 4.90 Å². The summed E-state index contributed by atoms with van der Waals surface area (Å²) >= 11 is 2.11. The minimum Gasteiger partial charge on any atom is -0.329 e. The van der Waals surface area contributed by atoms with Crippen LogP contribution in [0, 0.1) is 10.8 Å². The van der Waals surface area contributed by atoms with Crippen LogP contribution in [0.2, 0.25) is 0 Å². The fraction of sp³-hybridized carbons (Fsp3) is 1.00. The van der Waals surface area contributed by atoms with E-state index in [0.29, 0.717) is 10.8 Å². The van der Waals surface area contributed by atoms with E-state index in [-0.39, 0.29) is 5.54 Å². The van der Waals surface area contributed by atoms with E-state index >= 15 is 0 Å². The molecule has 19 heavy (non-hydrogen) atoms. The van der Waals surface area contributed by atoms with E-state index < -0.39 is 0 Å². The van der Waals surface area contributed by atoms with Crippen molar-refractivity contribution in [3.63, 3.8) is 0 Å². The van der Waals surface area contributed by atoms with Crippen LogP contribution in [0.4, 0.5) is 0 Å². The molecule has 1 atom stereocenters. The van der Waals surface area contributed by atoms with Crippen LogP contribution in [0.3, 0.4) is 0 Å². The Morgan fingerprint density at radius 1 is 1.16 bits per heavy atom. The molecule has 2 heterocycles. The third kappa shape index (κ3) is 2.47. The van der Waals surface area contributed by atoms with Gasteiger partial charge >= 0.3 is 0 Å². The predicted molar refractivity (Wildman–Crippen MR) is 86.7 cm³/mol. The van der Waals surface area contributed by atoms with E-state index in [1.165, 1.54) is 50.3 Å². The van der Waals surface area contributed by atoms with Gasteiger partial charge in [0.1, 0.15) is 0 Å². The van der Waals surface area contributed by atoms with Gasteiger partial charge in [-0.1, -0.05) is 27.7 Å². The van der Waals surface area contributed by atoms with Gasteiger partial charge in [0.25, 0.3) is 0 Å². The zero-order valence-corrected chi connectivity index (χ0v) is 14.1. The van der Waals surface area contributed by atoms with Crippen LogP contribution in [0.5, 0.6) is 0 Å². The highest BCUT2D eigenvalue weighted by Crippen LogP contribution is 2.49. The molecule has 0 spiro atoms. The van der Waals surface area contributed by atoms with Gasteiger partial charge in [0.15, 0.2) is 0 Å². The Balaban J connectivity index is 2.23. The summed E-state index contributed by atoms with van der Waals surface area (Å²) in [7, 11) is 0. The maximum atomic E-state index is 6.31. The quantitative estimate of drug-likeness (QED) is 0.858. The Labute approximate surface area is 123 Å². The molecule has 0 saturated carbocycles. The summed E-state index contributed by atoms with van der Waals surface area (Å²) in [5.74, 6) is 2.52. The molecular formula is C16H32N2S. The molecule has 112 valence electrons. The van der Waals surface area contributed by atoms with Crippen molar-refractivity contribution in [2.75, 3.05) is 31.1 Å². The van der Waals surface area contributed by atoms with Crippen LogP contribution < -0.4 is 5.73 Å². The van der Waals surface area contributed by atoms with Crippen molar-refractivity contribution in [2.24, 2.45) is 16.6 Å². The first kappa shape index (κ1) is 15.7. The van der Waals surface area contributed by atoms with Gasteiger partial charge < -0.3 is 5.73 Å². The fourth-order valence-electron chi connectivity index (χ4n) is 4.11. The predicted octanol–water partition coefficient (Wildman–Crippen LogP) is 3.36. The normalized spacial score (nSPS) is 34.6. The van der Waals surface area contributed by atoms with E-state index in [4.69, 9.17) is 5.73 Å². The van der Waals surface area contributed by atoms with Crippen LogP contribution in [-0.4, -0.2) is 41.6 Å². The Kier molecular flexibility index (Phi) is 4.59. The molecule has 0 amide bonds. The molecule has 1 unspecified atom stereocenters. The second kappa shape index (κ2) is 5.57. The standard InChI is InChI=1S/C16H32N2S/c1-5-15(6-2)7-9-18(12-15)16(11-17)13-19-10-8-14(16,3)4/h5-13,17H2,1-4H3. The Hall–Kier alpha value is 0.270. The molecule has 0 aromatic rings. The molecule has 2 nitrogen and oxygen atoms in total. The zero-order valence-electron chi connectivity index (χ0n) is 13.3. The lowest BCUT2D eigenvalue weighted by molar-refractivity contribution is 0.00940. The average molecular weight is 285 g/mol. The van der Waals surface area contributed by atoms with E-state index in [0.717, 1.165) is 6.54 Å². The molecule has 2 saturated heterocycles. The molecule has 0 aromatic carbocycles. The Morgan fingerprint density at radius 2 is 1.84 bits per heavy atom. The molecule has 2 fully saturated rings. The highest BCUT2D eigenvalue weighted by Gasteiger charge is 2.53. The summed E-state index contributed by atoms with van der Waals surface area (Å²) in [5, 5.41) is 0. The lowest BCUT2D eigenvalue weighted by atomic mass is 9.69. The van der Waals surface area contributed by atoms with Gasteiger partial charge in [0.2, 0.25) is 0 Å². The number of likely N-dealkylation sites (tertiary alicyclic amines) is 1. The van der Waals surface area contributed by atoms with Gasteiger partial charge in [-0.25, -0.2) is 0 Å². The maximum Gasteiger partial charge on any atom is 0.0473 e. The van der Waals surface area contributed by atoms with Crippen molar-refractivity contribution < 1.29 is 0 Å². The first-order valence-electron chi connectivity index (χ1n) is 7.98. The van der Waals surface area contributed by atoms with Gasteiger partial charge in [-0.05, 0) is 48.8 Å². The van der Waals surface area contributed by atoms with E-state index in [9.17, 15) is 0 Å². The minimum absolute atomic E-state index is 0.224. The maximum absolute atomic E-state index is 6.31. The lowest BCUT2D eigenvalue weighted by Gasteiger charge is -2.55. The summed E-state index contributed by atoms with van der Waals surface area (Å²) < 4.78 is 0. The largest absolute Gasteiger partial charge is 0.329 e. The number of hydrogen-bond donors (Lipinski definition) is 1. The van der Waals surface area contributed by atoms with Crippen LogP contribution in [0.25, 0.3) is 0 Å². The van der Waals surface area contributed by atoms with Crippen LogP contribution >= 0.6 is 11.8 Å². The second-order valence-corrected chi connectivity index (χ2v) is 8.41. The van der Waals surface area contributed by atoms with Gasteiger partial charge in [0, 0.05) is 24.4 Å². The van der Waals surface area contributed by atoms with Crippen molar-refractivity contribution in [2.45, 2.75) is 58.9 Å². The van der Waals surface area contributed by atoms with E-state index in [2.05, 4.69) is 44.4 Å². The van der Waals surface area contributed by atoms with Gasteiger partial charge in [-0.2, -0.15) is 11.8 Å². The van der Waals surface area contributed by atoms with E-state index in [1.54, 1.807) is 0 Å². The smallest absolute Gasteiger partial charge is 0.0473 e. The van der Waals surface area contributed by atoms with Crippen molar-refractivity contribution in [1.82, 2.24) is 4.90 Å². The number of thioether (sulfide) groups is 1. The van der Waals surface area contributed by atoms with Crippen LogP contribution in [0.15, 0.2) is 0 Å². The number of hydrogen-bond acceptors (Lipinski definition) is 3. The molecule has 2 aliphatic heterocycles. The van der Waals surface area contributed by atoms with Crippen molar-refractivity contribution in [3.8, 4) is 0 Å². The summed E-state index contributed by atoms with van der Waals surface area (Å²) in [6, 6.07) is 0. The average Bonchev–Trinajstić information content (AvgIpc) is 2.84. The first-order valence-corrected chi connectivity index (χ1v) is 9.14. The summed E-state index contributed by atoms with van der Waals surface area (Å²) in [6.07, 6.45) is 5.29. The van der Waals surface area contributed by atoms with E-state index in [1.807, 2.05) is 0 Å². The lowest BCUT2D eigenvalue weighted by Crippen LogP contribution is -2.65. The van der Waals surface area contributed by atoms with Gasteiger partial charge in [-0.15, -0.1) is 0 Å². The highest BCUT2D eigenvalue weighted by atomic mass is 32.2. The highest BCUT2D eigenvalue weighted by molar-refractivity contribution is 7.99. The summed E-state index contributed by atoms with van der Waals surface area (Å²) in [5.41, 5.74) is 7.44.